The number of likely N-dealkylation sites (tertiary alicyclic amines) is 1. The van der Waals surface area contributed by atoms with Crippen LogP contribution in [0.4, 0.5) is 10.1 Å². The molecule has 0 bridgehead atoms. The van der Waals surface area contributed by atoms with Crippen molar-refractivity contribution in [2.45, 2.75) is 19.3 Å². The summed E-state index contributed by atoms with van der Waals surface area (Å²) in [4.78, 5) is 39.0. The zero-order chi connectivity index (χ0) is 23.5. The summed E-state index contributed by atoms with van der Waals surface area (Å²) in [5.41, 5.74) is 0.280. The van der Waals surface area contributed by atoms with Gasteiger partial charge in [0.2, 0.25) is 0 Å². The predicted molar refractivity (Wildman–Crippen MR) is 125 cm³/mol. The third-order valence-corrected chi connectivity index (χ3v) is 6.34. The van der Waals surface area contributed by atoms with Crippen LogP contribution in [0.2, 0.25) is 10.0 Å². The number of carbonyl (C=O) groups excluding carboxylic acids is 2. The Balaban J connectivity index is 1.40. The number of nitrogens with one attached hydrogen (secondary N) is 2. The summed E-state index contributed by atoms with van der Waals surface area (Å²) in [6.07, 6.45) is 7.49. The first-order valence-electron chi connectivity index (χ1n) is 10.5. The largest absolute Gasteiger partial charge is 0.356 e. The maximum Gasteiger partial charge on any atom is 0.272 e. The van der Waals surface area contributed by atoms with Gasteiger partial charge in [0.1, 0.15) is 11.5 Å². The molecule has 0 aliphatic carbocycles. The Morgan fingerprint density at radius 3 is 2.55 bits per heavy atom. The van der Waals surface area contributed by atoms with Crippen LogP contribution in [0.25, 0.3) is 0 Å². The van der Waals surface area contributed by atoms with Crippen LogP contribution in [0.3, 0.4) is 0 Å². The Bertz CT molecular complexity index is 1170. The molecule has 1 aliphatic rings. The van der Waals surface area contributed by atoms with Crippen LogP contribution in [-0.2, 0) is 6.42 Å². The number of anilines is 1. The highest BCUT2D eigenvalue weighted by Gasteiger charge is 2.22. The molecule has 3 aromatic rings. The van der Waals surface area contributed by atoms with E-state index in [0.29, 0.717) is 11.6 Å². The number of piperidine rings is 1. The molecule has 33 heavy (non-hydrogen) atoms. The van der Waals surface area contributed by atoms with Crippen LogP contribution >= 0.6 is 23.2 Å². The number of H-pyrrole nitrogens is 1. The van der Waals surface area contributed by atoms with E-state index >= 15 is 0 Å². The third-order valence-electron chi connectivity index (χ3n) is 5.73. The van der Waals surface area contributed by atoms with E-state index in [9.17, 15) is 14.0 Å². The second kappa shape index (κ2) is 9.99. The van der Waals surface area contributed by atoms with E-state index in [1.807, 2.05) is 0 Å². The Hall–Kier alpha value is -2.81. The molecule has 2 N–H and O–H groups in total. The van der Waals surface area contributed by atoms with Gasteiger partial charge in [0.05, 0.1) is 33.7 Å². The number of amides is 1. The number of aromatic amines is 1. The molecular weight excluding hydrogens is 468 g/mol. The summed E-state index contributed by atoms with van der Waals surface area (Å²) in [6, 6.07) is 3.94. The fraction of sp³-hybridized carbons (Fsp3) is 0.304. The minimum absolute atomic E-state index is 0.0633. The van der Waals surface area contributed by atoms with Crippen molar-refractivity contribution in [3.05, 3.63) is 75.3 Å². The molecular formula is C23H22Cl2FN5O2. The molecule has 10 heteroatoms. The van der Waals surface area contributed by atoms with Gasteiger partial charge in [0.15, 0.2) is 11.6 Å². The number of hydrogen-bond donors (Lipinski definition) is 2. The van der Waals surface area contributed by atoms with Gasteiger partial charge in [-0.1, -0.05) is 23.2 Å². The lowest BCUT2D eigenvalue weighted by Crippen LogP contribution is -2.31. The Labute approximate surface area is 200 Å². The smallest absolute Gasteiger partial charge is 0.272 e. The van der Waals surface area contributed by atoms with Gasteiger partial charge in [0, 0.05) is 18.2 Å². The molecule has 1 aliphatic heterocycles. The summed E-state index contributed by atoms with van der Waals surface area (Å²) in [5.74, 6) is -0.765. The first-order valence-corrected chi connectivity index (χ1v) is 11.2. The minimum atomic E-state index is -0.904. The monoisotopic (exact) mass is 489 g/mol. The molecule has 0 saturated carbocycles. The highest BCUT2D eigenvalue weighted by atomic mass is 35.5. The van der Waals surface area contributed by atoms with E-state index in [1.165, 1.54) is 24.4 Å². The fourth-order valence-electron chi connectivity index (χ4n) is 3.78. The van der Waals surface area contributed by atoms with Crippen molar-refractivity contribution >= 4 is 40.6 Å². The lowest BCUT2D eigenvalue weighted by molar-refractivity contribution is 0.102. The van der Waals surface area contributed by atoms with Gasteiger partial charge in [0.25, 0.3) is 5.91 Å². The lowest BCUT2D eigenvalue weighted by atomic mass is 9.93. The van der Waals surface area contributed by atoms with Gasteiger partial charge in [-0.05, 0) is 57.1 Å². The average Bonchev–Trinajstić information content (AvgIpc) is 3.30. The van der Waals surface area contributed by atoms with Crippen LogP contribution in [0, 0.1) is 11.7 Å². The third kappa shape index (κ3) is 5.40. The lowest BCUT2D eigenvalue weighted by Gasteiger charge is -2.28. The van der Waals surface area contributed by atoms with E-state index < -0.39 is 17.5 Å². The molecule has 4 rings (SSSR count). The molecule has 0 unspecified atom stereocenters. The number of carbonyl (C=O) groups is 2. The second-order valence-corrected chi connectivity index (χ2v) is 8.96. The first kappa shape index (κ1) is 23.4. The van der Waals surface area contributed by atoms with Crippen molar-refractivity contribution in [2.24, 2.45) is 5.92 Å². The average molecular weight is 490 g/mol. The predicted octanol–water partition coefficient (Wildman–Crippen LogP) is 4.62. The summed E-state index contributed by atoms with van der Waals surface area (Å²) >= 11 is 11.7. The summed E-state index contributed by atoms with van der Waals surface area (Å²) in [5, 5.41) is 2.41. The van der Waals surface area contributed by atoms with Gasteiger partial charge < -0.3 is 15.2 Å². The summed E-state index contributed by atoms with van der Waals surface area (Å²) < 4.78 is 14.3. The van der Waals surface area contributed by atoms with Gasteiger partial charge >= 0.3 is 0 Å². The molecule has 7 nitrogen and oxygen atoms in total. The van der Waals surface area contributed by atoms with Crippen LogP contribution in [0.5, 0.6) is 0 Å². The van der Waals surface area contributed by atoms with Crippen LogP contribution in [0.15, 0.2) is 36.8 Å². The van der Waals surface area contributed by atoms with Gasteiger partial charge in [-0.3, -0.25) is 9.59 Å². The molecule has 1 saturated heterocycles. The van der Waals surface area contributed by atoms with E-state index in [2.05, 4.69) is 32.2 Å². The Morgan fingerprint density at radius 1 is 1.18 bits per heavy atom. The zero-order valence-corrected chi connectivity index (χ0v) is 19.4. The number of rotatable bonds is 6. The Morgan fingerprint density at radius 2 is 1.85 bits per heavy atom. The maximum atomic E-state index is 14.3. The number of nitrogens with zero attached hydrogens (tertiary/aromatic N) is 3. The van der Waals surface area contributed by atoms with Crippen molar-refractivity contribution in [3.8, 4) is 0 Å². The van der Waals surface area contributed by atoms with Crippen molar-refractivity contribution in [3.63, 3.8) is 0 Å². The number of hydrogen-bond acceptors (Lipinski definition) is 5. The van der Waals surface area contributed by atoms with Gasteiger partial charge in [-0.2, -0.15) is 0 Å². The van der Waals surface area contributed by atoms with Crippen molar-refractivity contribution < 1.29 is 14.0 Å². The second-order valence-electron chi connectivity index (χ2n) is 8.14. The molecule has 172 valence electrons. The topological polar surface area (TPSA) is 91.0 Å². The van der Waals surface area contributed by atoms with E-state index in [1.54, 1.807) is 12.4 Å². The van der Waals surface area contributed by atoms with Crippen molar-refractivity contribution in [2.75, 3.05) is 25.5 Å². The minimum Gasteiger partial charge on any atom is -0.356 e. The molecule has 2 aromatic heterocycles. The molecule has 0 radical (unpaired) electrons. The van der Waals surface area contributed by atoms with Crippen LogP contribution in [0.1, 0.15) is 45.1 Å². The standard InChI is InChI=1S/C23H22Cl2FN5O2/c1-31-6-4-13(5-7-31)8-19-28-11-15(12-29-19)30-23(33)18-9-14(10-27-18)22(32)20-16(24)2-3-17(25)21(20)26/h2-3,9-13,27H,4-8H2,1H3,(H,30,33). The van der Waals surface area contributed by atoms with Crippen molar-refractivity contribution in [1.82, 2.24) is 19.9 Å². The molecule has 1 amide bonds. The van der Waals surface area contributed by atoms with E-state index in [4.69, 9.17) is 23.2 Å². The molecule has 3 heterocycles. The molecule has 1 fully saturated rings. The highest BCUT2D eigenvalue weighted by Crippen LogP contribution is 2.28. The van der Waals surface area contributed by atoms with Gasteiger partial charge in [-0.15, -0.1) is 0 Å². The molecule has 1 aromatic carbocycles. The fourth-order valence-corrected chi connectivity index (χ4v) is 4.17. The summed E-state index contributed by atoms with van der Waals surface area (Å²) in [7, 11) is 2.12. The molecule has 0 atom stereocenters. The summed E-state index contributed by atoms with van der Waals surface area (Å²) in [6.45, 7) is 2.16. The van der Waals surface area contributed by atoms with Crippen molar-refractivity contribution in [1.29, 1.82) is 0 Å². The van der Waals surface area contributed by atoms with Gasteiger partial charge in [-0.25, -0.2) is 14.4 Å². The Kier molecular flexibility index (Phi) is 7.07. The normalized spacial score (nSPS) is 14.9. The van der Waals surface area contributed by atoms with Crippen LogP contribution < -0.4 is 5.32 Å². The SMILES string of the molecule is CN1CCC(Cc2ncc(NC(=O)c3cc(C(=O)c4c(Cl)ccc(Cl)c4F)c[nH]3)cn2)CC1. The van der Waals surface area contributed by atoms with E-state index in [0.717, 1.165) is 38.2 Å². The number of benzene rings is 1. The molecule has 0 spiro atoms. The van der Waals surface area contributed by atoms with Crippen LogP contribution in [-0.4, -0.2) is 51.7 Å². The zero-order valence-electron chi connectivity index (χ0n) is 17.9. The maximum absolute atomic E-state index is 14.3. The van der Waals surface area contributed by atoms with E-state index in [-0.39, 0.29) is 26.9 Å². The number of halogens is 3. The quantitative estimate of drug-likeness (QED) is 0.389. The number of ketones is 1. The first-order chi connectivity index (χ1) is 15.8. The number of aromatic nitrogens is 3. The highest BCUT2D eigenvalue weighted by molar-refractivity contribution is 6.37.